The van der Waals surface area contributed by atoms with E-state index in [0.29, 0.717) is 30.7 Å². The Kier molecular flexibility index (Phi) is 15.8. The highest BCUT2D eigenvalue weighted by Gasteiger charge is 2.23. The van der Waals surface area contributed by atoms with Gasteiger partial charge >= 0.3 is 5.97 Å². The maximum absolute atomic E-state index is 12.6. The van der Waals surface area contributed by atoms with Gasteiger partial charge in [0.1, 0.15) is 12.1 Å². The van der Waals surface area contributed by atoms with E-state index in [4.69, 9.17) is 25.8 Å². The van der Waals surface area contributed by atoms with Crippen LogP contribution in [0.3, 0.4) is 0 Å². The van der Waals surface area contributed by atoms with E-state index in [1.165, 1.54) is 13.2 Å². The molecule has 1 heterocycles. The zero-order valence-electron chi connectivity index (χ0n) is 23.2. The van der Waals surface area contributed by atoms with Crippen molar-refractivity contribution in [1.29, 1.82) is 0 Å². The minimum atomic E-state index is -0.687. The van der Waals surface area contributed by atoms with Gasteiger partial charge in [-0.2, -0.15) is 0 Å². The molecule has 0 fully saturated rings. The van der Waals surface area contributed by atoms with Crippen LogP contribution >= 0.6 is 11.6 Å². The van der Waals surface area contributed by atoms with Crippen LogP contribution in [0.25, 0.3) is 0 Å². The van der Waals surface area contributed by atoms with Gasteiger partial charge in [-0.15, -0.1) is 0 Å². The highest BCUT2D eigenvalue weighted by Crippen LogP contribution is 2.18. The number of nitrogens with one attached hydrogen (secondary N) is 2. The van der Waals surface area contributed by atoms with Gasteiger partial charge in [-0.05, 0) is 44.9 Å². The first-order valence-electron chi connectivity index (χ1n) is 12.6. The van der Waals surface area contributed by atoms with Crippen LogP contribution in [0.1, 0.15) is 53.4 Å². The van der Waals surface area contributed by atoms with Crippen molar-refractivity contribution in [2.45, 2.75) is 71.6 Å². The number of halogens is 1. The third-order valence-corrected chi connectivity index (χ3v) is 5.82. The normalized spacial score (nSPS) is 18.6. The minimum Gasteiger partial charge on any atom is -0.490 e. The van der Waals surface area contributed by atoms with Gasteiger partial charge in [-0.1, -0.05) is 67.5 Å². The summed E-state index contributed by atoms with van der Waals surface area (Å²) in [6.07, 6.45) is 17.7. The number of amides is 2. The van der Waals surface area contributed by atoms with Gasteiger partial charge < -0.3 is 24.8 Å². The Morgan fingerprint density at radius 1 is 1.16 bits per heavy atom. The van der Waals surface area contributed by atoms with E-state index in [0.717, 1.165) is 5.57 Å². The molecule has 210 valence electrons. The predicted octanol–water partition coefficient (Wildman–Crippen LogP) is 4.99. The molecule has 2 N–H and O–H groups in total. The van der Waals surface area contributed by atoms with E-state index in [9.17, 15) is 14.4 Å². The number of methoxy groups -OCH3 is 2. The molecule has 0 aliphatic carbocycles. The zero-order valence-corrected chi connectivity index (χ0v) is 23.9. The summed E-state index contributed by atoms with van der Waals surface area (Å²) in [6, 6.07) is -0.687. The molecular formula is C29H41ClN2O6. The summed E-state index contributed by atoms with van der Waals surface area (Å²) in [7, 11) is 3.07. The smallest absolute Gasteiger partial charge is 0.373 e. The first kappa shape index (κ1) is 32.9. The number of esters is 1. The molecule has 0 spiro atoms. The average molecular weight is 549 g/mol. The van der Waals surface area contributed by atoms with Gasteiger partial charge in [-0.3, -0.25) is 9.59 Å². The van der Waals surface area contributed by atoms with Gasteiger partial charge in [0.2, 0.25) is 11.8 Å². The van der Waals surface area contributed by atoms with Crippen molar-refractivity contribution in [3.63, 3.8) is 0 Å². The number of cyclic esters (lactones) is 1. The Labute approximate surface area is 231 Å². The topological polar surface area (TPSA) is 103 Å². The maximum Gasteiger partial charge on any atom is 0.373 e. The zero-order chi connectivity index (χ0) is 28.5. The number of hydrogen-bond acceptors (Lipinski definition) is 6. The molecular weight excluding hydrogens is 508 g/mol. The standard InChI is InChI=1S/C29H41ClN2O6/c1-20(2)27(28(34)31-19-9-11-23(36-5)16-14-22(4)30)32-26(33)12-8-7-10-21(3)13-15-24-17-18-25(37-6)29(35)38-24/h7-10,12-14,18-20,23-24,27H,11,15-17H2,1-6H3,(H,31,34)(H,32,33)/b10-7-,12-8-,19-9-,21-13+,22-14+. The van der Waals surface area contributed by atoms with Crippen LogP contribution in [-0.4, -0.2) is 50.3 Å². The van der Waals surface area contributed by atoms with E-state index in [-0.39, 0.29) is 35.7 Å². The Morgan fingerprint density at radius 2 is 1.87 bits per heavy atom. The fraction of sp³-hybridized carbons (Fsp3) is 0.483. The van der Waals surface area contributed by atoms with E-state index >= 15 is 0 Å². The van der Waals surface area contributed by atoms with Crippen molar-refractivity contribution in [3.05, 3.63) is 71.2 Å². The lowest BCUT2D eigenvalue weighted by molar-refractivity contribution is -0.149. The second-order valence-corrected chi connectivity index (χ2v) is 9.80. The summed E-state index contributed by atoms with van der Waals surface area (Å²) in [6.45, 7) is 7.46. The molecule has 0 bridgehead atoms. The number of ether oxygens (including phenoxy) is 3. The van der Waals surface area contributed by atoms with Gasteiger partial charge in [0.05, 0.1) is 13.2 Å². The third-order valence-electron chi connectivity index (χ3n) is 5.67. The predicted molar refractivity (Wildman–Crippen MR) is 150 cm³/mol. The van der Waals surface area contributed by atoms with Crippen LogP contribution in [0.5, 0.6) is 0 Å². The van der Waals surface area contributed by atoms with Crippen LogP contribution < -0.4 is 10.6 Å². The lowest BCUT2D eigenvalue weighted by atomic mass is 10.0. The Morgan fingerprint density at radius 3 is 2.47 bits per heavy atom. The van der Waals surface area contributed by atoms with Gasteiger partial charge in [0.15, 0.2) is 5.76 Å². The number of allylic oxidation sites excluding steroid dienone is 5. The molecule has 38 heavy (non-hydrogen) atoms. The first-order chi connectivity index (χ1) is 18.1. The second-order valence-electron chi connectivity index (χ2n) is 9.20. The van der Waals surface area contributed by atoms with Crippen molar-refractivity contribution in [1.82, 2.24) is 10.6 Å². The Hall–Kier alpha value is -3.10. The lowest BCUT2D eigenvalue weighted by Crippen LogP contribution is -2.48. The quantitative estimate of drug-likeness (QED) is 0.170. The van der Waals surface area contributed by atoms with Crippen LogP contribution in [0, 0.1) is 5.92 Å². The highest BCUT2D eigenvalue weighted by atomic mass is 35.5. The van der Waals surface area contributed by atoms with Crippen molar-refractivity contribution in [2.75, 3.05) is 14.2 Å². The SMILES string of the molecule is COC1=CCC(C/C=C(C)/C=C\C=C/C(=O)NC(C(=O)N/C=C\CC(C/C=C(\C)Cl)OC)C(C)C)OC1=O. The molecule has 0 aromatic rings. The molecule has 8 nitrogen and oxygen atoms in total. The van der Waals surface area contributed by atoms with Gasteiger partial charge in [-0.25, -0.2) is 4.79 Å². The Bertz CT molecular complexity index is 974. The van der Waals surface area contributed by atoms with Crippen molar-refractivity contribution >= 4 is 29.4 Å². The fourth-order valence-electron chi connectivity index (χ4n) is 3.40. The second kappa shape index (κ2) is 18.2. The maximum atomic E-state index is 12.6. The lowest BCUT2D eigenvalue weighted by Gasteiger charge is -2.20. The molecule has 1 rings (SSSR count). The molecule has 1 aliphatic rings. The molecule has 2 amide bonds. The molecule has 1 aliphatic heterocycles. The summed E-state index contributed by atoms with van der Waals surface area (Å²) in [5.41, 5.74) is 0.961. The number of rotatable bonds is 15. The average Bonchev–Trinajstić information content (AvgIpc) is 2.87. The molecule has 3 atom stereocenters. The summed E-state index contributed by atoms with van der Waals surface area (Å²) < 4.78 is 15.7. The van der Waals surface area contributed by atoms with Crippen LogP contribution in [0.4, 0.5) is 0 Å². The number of carbonyl (C=O) groups excluding carboxylic acids is 3. The third kappa shape index (κ3) is 13.4. The van der Waals surface area contributed by atoms with Crippen molar-refractivity contribution < 1.29 is 28.6 Å². The van der Waals surface area contributed by atoms with Crippen LogP contribution in [0.2, 0.25) is 0 Å². The van der Waals surface area contributed by atoms with Crippen LogP contribution in [-0.2, 0) is 28.6 Å². The molecule has 0 aromatic carbocycles. The summed E-state index contributed by atoms with van der Waals surface area (Å²) in [5, 5.41) is 6.18. The Balaban J connectivity index is 2.52. The first-order valence-corrected chi connectivity index (χ1v) is 13.0. The van der Waals surface area contributed by atoms with E-state index < -0.39 is 12.0 Å². The molecule has 0 saturated heterocycles. The highest BCUT2D eigenvalue weighted by molar-refractivity contribution is 6.29. The van der Waals surface area contributed by atoms with Crippen molar-refractivity contribution in [2.24, 2.45) is 5.92 Å². The van der Waals surface area contributed by atoms with Gasteiger partial charge in [0.25, 0.3) is 0 Å². The molecule has 3 unspecified atom stereocenters. The number of hydrogen-bond donors (Lipinski definition) is 2. The van der Waals surface area contributed by atoms with Crippen molar-refractivity contribution in [3.8, 4) is 0 Å². The number of carbonyl (C=O) groups is 3. The largest absolute Gasteiger partial charge is 0.490 e. The summed E-state index contributed by atoms with van der Waals surface area (Å²) >= 11 is 5.86. The van der Waals surface area contributed by atoms with Gasteiger partial charge in [0, 0.05) is 31.1 Å². The summed E-state index contributed by atoms with van der Waals surface area (Å²) in [5.74, 6) is -0.982. The van der Waals surface area contributed by atoms with E-state index in [2.05, 4.69) is 10.6 Å². The monoisotopic (exact) mass is 548 g/mol. The van der Waals surface area contributed by atoms with E-state index in [1.807, 2.05) is 52.0 Å². The molecule has 0 aromatic heterocycles. The van der Waals surface area contributed by atoms with E-state index in [1.54, 1.807) is 31.5 Å². The fourth-order valence-corrected chi connectivity index (χ4v) is 3.48. The van der Waals surface area contributed by atoms with Crippen LogP contribution in [0.15, 0.2) is 71.2 Å². The minimum absolute atomic E-state index is 0.0415. The molecule has 0 radical (unpaired) electrons. The summed E-state index contributed by atoms with van der Waals surface area (Å²) in [4.78, 5) is 36.7. The molecule has 0 saturated carbocycles. The molecule has 9 heteroatoms.